The molecule has 0 radical (unpaired) electrons. The second kappa shape index (κ2) is 4.51. The Balaban J connectivity index is 2.07. The van der Waals surface area contributed by atoms with E-state index in [1.165, 1.54) is 18.4 Å². The number of rotatable bonds is 2. The van der Waals surface area contributed by atoms with Crippen molar-refractivity contribution in [3.05, 3.63) is 23.8 Å². The molecule has 0 unspecified atom stereocenters. The molecule has 1 fully saturated rings. The molecule has 1 aromatic heterocycles. The van der Waals surface area contributed by atoms with Gasteiger partial charge in [0.1, 0.15) is 5.82 Å². The molecule has 3 nitrogen and oxygen atoms in total. The van der Waals surface area contributed by atoms with Crippen molar-refractivity contribution in [2.75, 3.05) is 13.1 Å². The first-order chi connectivity index (χ1) is 6.90. The molecule has 1 saturated heterocycles. The maximum Gasteiger partial charge on any atom is 0.131 e. The van der Waals surface area contributed by atoms with E-state index in [1.807, 2.05) is 12.4 Å². The van der Waals surface area contributed by atoms with E-state index in [0.717, 1.165) is 25.3 Å². The summed E-state index contributed by atoms with van der Waals surface area (Å²) in [5.74, 6) is 1.60. The average molecular weight is 191 g/mol. The Bertz CT molecular complexity index is 275. The Morgan fingerprint density at radius 2 is 1.93 bits per heavy atom. The quantitative estimate of drug-likeness (QED) is 0.770. The zero-order valence-corrected chi connectivity index (χ0v) is 8.66. The Labute approximate surface area is 85.0 Å². The van der Waals surface area contributed by atoms with Crippen molar-refractivity contribution in [3.63, 3.8) is 0 Å². The molecule has 1 aromatic rings. The molecule has 14 heavy (non-hydrogen) atoms. The maximum atomic E-state index is 4.43. The first-order valence-electron chi connectivity index (χ1n) is 5.41. The van der Waals surface area contributed by atoms with Crippen LogP contribution >= 0.6 is 0 Å². The van der Waals surface area contributed by atoms with Crippen LogP contribution in [0.3, 0.4) is 0 Å². The topological polar surface area (TPSA) is 37.8 Å². The van der Waals surface area contributed by atoms with Crippen molar-refractivity contribution >= 4 is 0 Å². The Hall–Kier alpha value is -0.960. The van der Waals surface area contributed by atoms with Crippen LogP contribution in [0.2, 0.25) is 0 Å². The molecule has 76 valence electrons. The minimum absolute atomic E-state index is 0.571. The molecule has 1 aliphatic rings. The summed E-state index contributed by atoms with van der Waals surface area (Å²) in [6, 6.07) is 0. The van der Waals surface area contributed by atoms with Gasteiger partial charge >= 0.3 is 0 Å². The fourth-order valence-electron chi connectivity index (χ4n) is 1.84. The van der Waals surface area contributed by atoms with E-state index < -0.39 is 0 Å². The standard InChI is InChI=1S/C11H17N3/c1-2-9-7-13-11(14-8-9)10-3-5-12-6-4-10/h7-8,10,12H,2-6H2,1H3. The smallest absolute Gasteiger partial charge is 0.131 e. The molecule has 0 amide bonds. The fraction of sp³-hybridized carbons (Fsp3) is 0.636. The number of aromatic nitrogens is 2. The minimum Gasteiger partial charge on any atom is -0.317 e. The highest BCUT2D eigenvalue weighted by atomic mass is 14.9. The monoisotopic (exact) mass is 191 g/mol. The summed E-state index contributed by atoms with van der Waals surface area (Å²) in [6.07, 6.45) is 7.29. The number of hydrogen-bond acceptors (Lipinski definition) is 3. The number of piperidine rings is 1. The van der Waals surface area contributed by atoms with E-state index in [-0.39, 0.29) is 0 Å². The molecule has 0 bridgehead atoms. The number of aryl methyl sites for hydroxylation is 1. The van der Waals surface area contributed by atoms with Crippen LogP contribution in [0.4, 0.5) is 0 Å². The third-order valence-corrected chi connectivity index (χ3v) is 2.84. The highest BCUT2D eigenvalue weighted by molar-refractivity contribution is 5.07. The molecule has 0 spiro atoms. The molecule has 3 heteroatoms. The van der Waals surface area contributed by atoms with Crippen molar-refractivity contribution in [2.24, 2.45) is 0 Å². The van der Waals surface area contributed by atoms with Crippen LogP contribution in [-0.2, 0) is 6.42 Å². The molecule has 1 N–H and O–H groups in total. The van der Waals surface area contributed by atoms with E-state index in [1.54, 1.807) is 0 Å². The second-order valence-corrected chi connectivity index (χ2v) is 3.83. The van der Waals surface area contributed by atoms with Gasteiger partial charge in [-0.1, -0.05) is 6.92 Å². The van der Waals surface area contributed by atoms with Crippen LogP contribution in [-0.4, -0.2) is 23.1 Å². The van der Waals surface area contributed by atoms with Gasteiger partial charge < -0.3 is 5.32 Å². The van der Waals surface area contributed by atoms with E-state index >= 15 is 0 Å². The van der Waals surface area contributed by atoms with Gasteiger partial charge in [0, 0.05) is 18.3 Å². The molecule has 1 aliphatic heterocycles. The van der Waals surface area contributed by atoms with Gasteiger partial charge in [-0.2, -0.15) is 0 Å². The van der Waals surface area contributed by atoms with Gasteiger partial charge in [0.2, 0.25) is 0 Å². The summed E-state index contributed by atoms with van der Waals surface area (Å²) in [5.41, 5.74) is 1.22. The molecular weight excluding hydrogens is 174 g/mol. The summed E-state index contributed by atoms with van der Waals surface area (Å²) in [6.45, 7) is 4.33. The first kappa shape index (κ1) is 9.59. The maximum absolute atomic E-state index is 4.43. The van der Waals surface area contributed by atoms with Gasteiger partial charge in [-0.05, 0) is 37.9 Å². The van der Waals surface area contributed by atoms with Crippen LogP contribution in [0, 0.1) is 0 Å². The molecule has 0 atom stereocenters. The van der Waals surface area contributed by atoms with Crippen LogP contribution in [0.15, 0.2) is 12.4 Å². The summed E-state index contributed by atoms with van der Waals surface area (Å²) >= 11 is 0. The molecule has 0 saturated carbocycles. The Kier molecular flexibility index (Phi) is 3.09. The highest BCUT2D eigenvalue weighted by Crippen LogP contribution is 2.21. The lowest BCUT2D eigenvalue weighted by molar-refractivity contribution is 0.444. The van der Waals surface area contributed by atoms with Gasteiger partial charge in [-0.25, -0.2) is 9.97 Å². The Morgan fingerprint density at radius 1 is 1.29 bits per heavy atom. The van der Waals surface area contributed by atoms with Gasteiger partial charge in [-0.15, -0.1) is 0 Å². The highest BCUT2D eigenvalue weighted by Gasteiger charge is 2.17. The van der Waals surface area contributed by atoms with Crippen LogP contribution in [0.5, 0.6) is 0 Å². The third kappa shape index (κ3) is 2.10. The number of nitrogens with zero attached hydrogens (tertiary/aromatic N) is 2. The van der Waals surface area contributed by atoms with Gasteiger partial charge in [0.25, 0.3) is 0 Å². The van der Waals surface area contributed by atoms with E-state index in [4.69, 9.17) is 0 Å². The predicted molar refractivity (Wildman–Crippen MR) is 56.3 cm³/mol. The third-order valence-electron chi connectivity index (χ3n) is 2.84. The lowest BCUT2D eigenvalue weighted by Gasteiger charge is -2.21. The zero-order valence-electron chi connectivity index (χ0n) is 8.66. The van der Waals surface area contributed by atoms with E-state index in [0.29, 0.717) is 5.92 Å². The SMILES string of the molecule is CCc1cnc(C2CCNCC2)nc1. The van der Waals surface area contributed by atoms with Crippen molar-refractivity contribution in [3.8, 4) is 0 Å². The lowest BCUT2D eigenvalue weighted by Crippen LogP contribution is -2.27. The number of nitrogens with one attached hydrogen (secondary N) is 1. The van der Waals surface area contributed by atoms with Crippen molar-refractivity contribution in [2.45, 2.75) is 32.1 Å². The van der Waals surface area contributed by atoms with Crippen molar-refractivity contribution in [1.29, 1.82) is 0 Å². The van der Waals surface area contributed by atoms with Gasteiger partial charge in [-0.3, -0.25) is 0 Å². The van der Waals surface area contributed by atoms with Crippen molar-refractivity contribution < 1.29 is 0 Å². The van der Waals surface area contributed by atoms with Crippen LogP contribution < -0.4 is 5.32 Å². The average Bonchev–Trinajstić information content (AvgIpc) is 2.30. The summed E-state index contributed by atoms with van der Waals surface area (Å²) in [4.78, 5) is 8.87. The van der Waals surface area contributed by atoms with Crippen LogP contribution in [0.1, 0.15) is 37.1 Å². The van der Waals surface area contributed by atoms with E-state index in [9.17, 15) is 0 Å². The minimum atomic E-state index is 0.571. The summed E-state index contributed by atoms with van der Waals surface area (Å²) in [7, 11) is 0. The fourth-order valence-corrected chi connectivity index (χ4v) is 1.84. The van der Waals surface area contributed by atoms with E-state index in [2.05, 4.69) is 22.2 Å². The second-order valence-electron chi connectivity index (χ2n) is 3.83. The first-order valence-corrected chi connectivity index (χ1v) is 5.41. The number of hydrogen-bond donors (Lipinski definition) is 1. The van der Waals surface area contributed by atoms with Gasteiger partial charge in [0.15, 0.2) is 0 Å². The summed E-state index contributed by atoms with van der Waals surface area (Å²) < 4.78 is 0. The van der Waals surface area contributed by atoms with Crippen LogP contribution in [0.25, 0.3) is 0 Å². The van der Waals surface area contributed by atoms with Gasteiger partial charge in [0.05, 0.1) is 0 Å². The molecule has 0 aliphatic carbocycles. The largest absolute Gasteiger partial charge is 0.317 e. The molecular formula is C11H17N3. The molecule has 2 heterocycles. The molecule has 0 aromatic carbocycles. The molecule has 2 rings (SSSR count). The lowest BCUT2D eigenvalue weighted by atomic mass is 9.97. The Morgan fingerprint density at radius 3 is 2.50 bits per heavy atom. The predicted octanol–water partition coefficient (Wildman–Crippen LogP) is 1.51. The normalized spacial score (nSPS) is 18.4. The summed E-state index contributed by atoms with van der Waals surface area (Å²) in [5, 5.41) is 3.35. The zero-order chi connectivity index (χ0) is 9.80. The van der Waals surface area contributed by atoms with Crippen molar-refractivity contribution in [1.82, 2.24) is 15.3 Å².